The van der Waals surface area contributed by atoms with E-state index in [4.69, 9.17) is 10.5 Å². The van der Waals surface area contributed by atoms with Crippen LogP contribution in [-0.4, -0.2) is 16.9 Å². The Morgan fingerprint density at radius 1 is 1.38 bits per heavy atom. The quantitative estimate of drug-likeness (QED) is 0.467. The van der Waals surface area contributed by atoms with Gasteiger partial charge in [-0.25, -0.2) is 0 Å². The summed E-state index contributed by atoms with van der Waals surface area (Å²) in [5, 5.41) is 15.8. The Morgan fingerprint density at radius 2 is 1.88 bits per heavy atom. The first-order chi connectivity index (χ1) is 3.79. The van der Waals surface area contributed by atoms with Crippen LogP contribution in [0, 0.1) is 5.41 Å². The lowest BCUT2D eigenvalue weighted by atomic mass is 10.1. The SMILES string of the molecule is N=C1C=CC(O)C=C1. The van der Waals surface area contributed by atoms with Crippen molar-refractivity contribution in [2.45, 2.75) is 6.10 Å². The number of aliphatic hydroxyl groups is 1. The van der Waals surface area contributed by atoms with Gasteiger partial charge >= 0.3 is 0 Å². The molecule has 8 heavy (non-hydrogen) atoms. The molecular weight excluding hydrogens is 102 g/mol. The van der Waals surface area contributed by atoms with Gasteiger partial charge in [0, 0.05) is 0 Å². The number of allylic oxidation sites excluding steroid dienone is 2. The maximum absolute atomic E-state index is 8.76. The Hall–Kier alpha value is -0.890. The van der Waals surface area contributed by atoms with Gasteiger partial charge < -0.3 is 10.5 Å². The molecule has 0 saturated carbocycles. The Morgan fingerprint density at radius 3 is 2.25 bits per heavy atom. The summed E-state index contributed by atoms with van der Waals surface area (Å²) in [6.07, 6.45) is 5.81. The van der Waals surface area contributed by atoms with Crippen LogP contribution in [0.25, 0.3) is 0 Å². The van der Waals surface area contributed by atoms with Gasteiger partial charge in [0.1, 0.15) is 0 Å². The highest BCUT2D eigenvalue weighted by molar-refractivity contribution is 6.02. The highest BCUT2D eigenvalue weighted by Gasteiger charge is 1.96. The minimum absolute atomic E-state index is 0.440. The lowest BCUT2D eigenvalue weighted by Crippen LogP contribution is -2.03. The molecule has 0 spiro atoms. The lowest BCUT2D eigenvalue weighted by molar-refractivity contribution is 0.271. The van der Waals surface area contributed by atoms with Crippen molar-refractivity contribution < 1.29 is 5.11 Å². The molecule has 0 aromatic carbocycles. The van der Waals surface area contributed by atoms with Crippen molar-refractivity contribution in [3.63, 3.8) is 0 Å². The van der Waals surface area contributed by atoms with Crippen LogP contribution in [0.15, 0.2) is 24.3 Å². The van der Waals surface area contributed by atoms with E-state index in [9.17, 15) is 0 Å². The van der Waals surface area contributed by atoms with E-state index in [-0.39, 0.29) is 0 Å². The summed E-state index contributed by atoms with van der Waals surface area (Å²) in [6.45, 7) is 0. The third-order valence-electron chi connectivity index (χ3n) is 0.946. The summed E-state index contributed by atoms with van der Waals surface area (Å²) in [5.74, 6) is 0. The predicted octanol–water partition coefficient (Wildman–Crippen LogP) is 0.493. The van der Waals surface area contributed by atoms with Gasteiger partial charge in [0.25, 0.3) is 0 Å². The lowest BCUT2D eigenvalue weighted by Gasteiger charge is -2.00. The van der Waals surface area contributed by atoms with Crippen molar-refractivity contribution in [3.8, 4) is 0 Å². The first-order valence-corrected chi connectivity index (χ1v) is 2.42. The van der Waals surface area contributed by atoms with Crippen molar-refractivity contribution in [3.05, 3.63) is 24.3 Å². The molecule has 2 N–H and O–H groups in total. The molecule has 1 aliphatic carbocycles. The zero-order valence-electron chi connectivity index (χ0n) is 4.33. The Bertz CT molecular complexity index is 142. The molecule has 0 atom stereocenters. The maximum atomic E-state index is 8.76. The zero-order valence-corrected chi connectivity index (χ0v) is 4.33. The highest BCUT2D eigenvalue weighted by Crippen LogP contribution is 1.96. The number of nitrogens with one attached hydrogen (secondary N) is 1. The van der Waals surface area contributed by atoms with Gasteiger partial charge in [0.15, 0.2) is 0 Å². The molecule has 0 aliphatic heterocycles. The van der Waals surface area contributed by atoms with E-state index in [1.807, 2.05) is 0 Å². The summed E-state index contributed by atoms with van der Waals surface area (Å²) in [4.78, 5) is 0. The van der Waals surface area contributed by atoms with Crippen molar-refractivity contribution in [2.75, 3.05) is 0 Å². The zero-order chi connectivity index (χ0) is 5.98. The fourth-order valence-corrected chi connectivity index (χ4v) is 0.524. The van der Waals surface area contributed by atoms with Gasteiger partial charge in [0.2, 0.25) is 0 Å². The van der Waals surface area contributed by atoms with Crippen LogP contribution >= 0.6 is 0 Å². The molecule has 0 heterocycles. The minimum Gasteiger partial charge on any atom is -0.385 e. The second-order valence-electron chi connectivity index (χ2n) is 1.66. The molecule has 0 saturated heterocycles. The second kappa shape index (κ2) is 1.92. The molecular formula is C6H7NO. The van der Waals surface area contributed by atoms with Gasteiger partial charge in [-0.15, -0.1) is 0 Å². The molecule has 0 unspecified atom stereocenters. The average Bonchev–Trinajstić information content (AvgIpc) is 1.77. The number of rotatable bonds is 0. The summed E-state index contributed by atoms with van der Waals surface area (Å²) < 4.78 is 0. The third-order valence-corrected chi connectivity index (χ3v) is 0.946. The standard InChI is InChI=1S/C6H7NO/c7-5-1-3-6(8)4-2-5/h1-4,6-8H. The highest BCUT2D eigenvalue weighted by atomic mass is 16.3. The van der Waals surface area contributed by atoms with Crippen LogP contribution in [0.4, 0.5) is 0 Å². The van der Waals surface area contributed by atoms with E-state index in [2.05, 4.69) is 0 Å². The fourth-order valence-electron chi connectivity index (χ4n) is 0.524. The van der Waals surface area contributed by atoms with Crippen molar-refractivity contribution >= 4 is 5.71 Å². The number of hydrogen-bond acceptors (Lipinski definition) is 2. The Labute approximate surface area is 47.7 Å². The number of hydrogen-bond donors (Lipinski definition) is 2. The summed E-state index contributed by atoms with van der Waals surface area (Å²) in [6, 6.07) is 0. The van der Waals surface area contributed by atoms with E-state index in [1.54, 1.807) is 24.3 Å². The molecule has 2 heteroatoms. The molecule has 2 nitrogen and oxygen atoms in total. The van der Waals surface area contributed by atoms with Gasteiger partial charge in [-0.3, -0.25) is 0 Å². The van der Waals surface area contributed by atoms with Crippen molar-refractivity contribution in [1.29, 1.82) is 5.41 Å². The van der Waals surface area contributed by atoms with Crippen LogP contribution in [-0.2, 0) is 0 Å². The first-order valence-electron chi connectivity index (χ1n) is 2.42. The van der Waals surface area contributed by atoms with Gasteiger partial charge in [0.05, 0.1) is 11.8 Å². The van der Waals surface area contributed by atoms with E-state index >= 15 is 0 Å². The molecule has 0 amide bonds. The molecule has 0 aromatic heterocycles. The van der Waals surface area contributed by atoms with E-state index in [0.29, 0.717) is 5.71 Å². The Kier molecular flexibility index (Phi) is 1.26. The largest absolute Gasteiger partial charge is 0.385 e. The van der Waals surface area contributed by atoms with E-state index in [1.165, 1.54) is 0 Å². The van der Waals surface area contributed by atoms with Gasteiger partial charge in [-0.05, 0) is 12.2 Å². The van der Waals surface area contributed by atoms with Gasteiger partial charge in [-0.2, -0.15) is 0 Å². The maximum Gasteiger partial charge on any atom is 0.0910 e. The third kappa shape index (κ3) is 1.04. The topological polar surface area (TPSA) is 44.1 Å². The molecule has 0 fully saturated rings. The number of aliphatic hydroxyl groups excluding tert-OH is 1. The van der Waals surface area contributed by atoms with Gasteiger partial charge in [-0.1, -0.05) is 12.2 Å². The fraction of sp³-hybridized carbons (Fsp3) is 0.167. The van der Waals surface area contributed by atoms with Crippen LogP contribution < -0.4 is 0 Å². The first kappa shape index (κ1) is 5.25. The van der Waals surface area contributed by atoms with Crippen molar-refractivity contribution in [2.24, 2.45) is 0 Å². The average molecular weight is 109 g/mol. The second-order valence-corrected chi connectivity index (χ2v) is 1.66. The predicted molar refractivity (Wildman–Crippen MR) is 32.0 cm³/mol. The van der Waals surface area contributed by atoms with E-state index < -0.39 is 6.10 Å². The minimum atomic E-state index is -0.482. The summed E-state index contributed by atoms with van der Waals surface area (Å²) in [5.41, 5.74) is 0.440. The molecule has 1 aliphatic rings. The Balaban J connectivity index is 2.68. The molecule has 1 rings (SSSR count). The van der Waals surface area contributed by atoms with Crippen molar-refractivity contribution in [1.82, 2.24) is 0 Å². The van der Waals surface area contributed by atoms with E-state index in [0.717, 1.165) is 0 Å². The van der Waals surface area contributed by atoms with Crippen LogP contribution in [0.1, 0.15) is 0 Å². The monoisotopic (exact) mass is 109 g/mol. The summed E-state index contributed by atoms with van der Waals surface area (Å²) >= 11 is 0. The van der Waals surface area contributed by atoms with Crippen LogP contribution in [0.3, 0.4) is 0 Å². The molecule has 0 aromatic rings. The normalized spacial score (nSPS) is 26.6. The molecule has 42 valence electrons. The molecule has 0 bridgehead atoms. The summed E-state index contributed by atoms with van der Waals surface area (Å²) in [7, 11) is 0. The van der Waals surface area contributed by atoms with Crippen LogP contribution in [0.2, 0.25) is 0 Å². The smallest absolute Gasteiger partial charge is 0.0910 e. The van der Waals surface area contributed by atoms with Crippen LogP contribution in [0.5, 0.6) is 0 Å². The molecule has 0 radical (unpaired) electrons.